The Hall–Kier alpha value is -0.630. The smallest absolute Gasteiger partial charge is 0.141 e. The van der Waals surface area contributed by atoms with Gasteiger partial charge in [0.2, 0.25) is 0 Å². The molecule has 2 nitrogen and oxygen atoms in total. The molecule has 5 rings (SSSR count). The number of aliphatic hydroxyl groups is 1. The lowest BCUT2D eigenvalue weighted by atomic mass is 9.32. The molecule has 0 amide bonds. The Bertz CT molecular complexity index is 866. The van der Waals surface area contributed by atoms with E-state index in [1.165, 1.54) is 44.9 Å². The predicted molar refractivity (Wildman–Crippen MR) is 131 cm³/mol. The SMILES string of the molecule is CC1(C)C=C2[C@H]3CC[C@@H]4[C@@]5(C)C(=O)C[C@H](O)C(C)(C)[C@@H]5CC[C@@]4(C)[C@]3(C)CC[C@@]2(C)CC1. The quantitative estimate of drug-likeness (QED) is 0.400. The maximum Gasteiger partial charge on any atom is 0.141 e. The van der Waals surface area contributed by atoms with Gasteiger partial charge in [-0.3, -0.25) is 4.79 Å². The van der Waals surface area contributed by atoms with Crippen LogP contribution in [0.25, 0.3) is 0 Å². The van der Waals surface area contributed by atoms with Crippen molar-refractivity contribution in [1.29, 1.82) is 0 Å². The third-order valence-corrected chi connectivity index (χ3v) is 12.9. The van der Waals surface area contributed by atoms with Crippen LogP contribution in [0.5, 0.6) is 0 Å². The second-order valence-corrected chi connectivity index (χ2v) is 15.0. The molecular formula is C30H48O2. The first-order valence-corrected chi connectivity index (χ1v) is 13.6. The molecule has 0 radical (unpaired) electrons. The Morgan fingerprint density at radius 3 is 2.12 bits per heavy atom. The largest absolute Gasteiger partial charge is 0.392 e. The maximum absolute atomic E-state index is 13.7. The Kier molecular flexibility index (Phi) is 4.71. The van der Waals surface area contributed by atoms with Crippen molar-refractivity contribution < 1.29 is 9.90 Å². The fourth-order valence-electron chi connectivity index (χ4n) is 10.3. The van der Waals surface area contributed by atoms with Gasteiger partial charge in [-0.15, -0.1) is 0 Å². The molecule has 8 atom stereocenters. The lowest BCUT2D eigenvalue weighted by Gasteiger charge is -2.71. The minimum absolute atomic E-state index is 0.178. The molecule has 5 aliphatic carbocycles. The molecule has 4 saturated carbocycles. The number of hydrogen-bond acceptors (Lipinski definition) is 2. The number of carbonyl (C=O) groups is 1. The lowest BCUT2D eigenvalue weighted by molar-refractivity contribution is -0.222. The van der Waals surface area contributed by atoms with E-state index in [0.29, 0.717) is 40.8 Å². The summed E-state index contributed by atoms with van der Waals surface area (Å²) in [6.45, 7) is 19.4. The van der Waals surface area contributed by atoms with Crippen LogP contribution in [0.3, 0.4) is 0 Å². The summed E-state index contributed by atoms with van der Waals surface area (Å²) in [5.41, 5.74) is 2.47. The van der Waals surface area contributed by atoms with Gasteiger partial charge in [-0.1, -0.05) is 67.0 Å². The highest BCUT2D eigenvalue weighted by Crippen LogP contribution is 2.75. The highest BCUT2D eigenvalue weighted by Gasteiger charge is 2.70. The molecule has 0 heterocycles. The summed E-state index contributed by atoms with van der Waals surface area (Å²) in [7, 11) is 0. The number of rotatable bonds is 0. The average Bonchev–Trinajstić information content (AvgIpc) is 2.68. The van der Waals surface area contributed by atoms with Gasteiger partial charge in [-0.25, -0.2) is 0 Å². The van der Waals surface area contributed by atoms with E-state index >= 15 is 0 Å². The van der Waals surface area contributed by atoms with Gasteiger partial charge in [-0.05, 0) is 96.2 Å². The van der Waals surface area contributed by atoms with E-state index < -0.39 is 6.10 Å². The molecule has 2 heteroatoms. The molecule has 4 fully saturated rings. The van der Waals surface area contributed by atoms with Gasteiger partial charge in [0.05, 0.1) is 6.10 Å². The van der Waals surface area contributed by atoms with Gasteiger partial charge in [0, 0.05) is 11.8 Å². The van der Waals surface area contributed by atoms with Gasteiger partial charge in [0.1, 0.15) is 5.78 Å². The second-order valence-electron chi connectivity index (χ2n) is 15.0. The van der Waals surface area contributed by atoms with Gasteiger partial charge < -0.3 is 5.11 Å². The van der Waals surface area contributed by atoms with Crippen LogP contribution in [0.15, 0.2) is 11.6 Å². The van der Waals surface area contributed by atoms with Crippen molar-refractivity contribution in [1.82, 2.24) is 0 Å². The van der Waals surface area contributed by atoms with Crippen molar-refractivity contribution in [2.45, 2.75) is 119 Å². The zero-order valence-electron chi connectivity index (χ0n) is 22.1. The summed E-state index contributed by atoms with van der Waals surface area (Å²) in [5, 5.41) is 10.8. The van der Waals surface area contributed by atoms with Gasteiger partial charge in [-0.2, -0.15) is 0 Å². The van der Waals surface area contributed by atoms with Crippen molar-refractivity contribution in [3.05, 3.63) is 11.6 Å². The summed E-state index contributed by atoms with van der Waals surface area (Å²) in [6.07, 6.45) is 12.5. The fraction of sp³-hybridized carbons (Fsp3) is 0.900. The lowest BCUT2D eigenvalue weighted by Crippen LogP contribution is -2.68. The third kappa shape index (κ3) is 2.65. The second kappa shape index (κ2) is 6.52. The van der Waals surface area contributed by atoms with Gasteiger partial charge >= 0.3 is 0 Å². The molecule has 0 bridgehead atoms. The summed E-state index contributed by atoms with van der Waals surface area (Å²) in [4.78, 5) is 13.7. The van der Waals surface area contributed by atoms with E-state index in [4.69, 9.17) is 0 Å². The van der Waals surface area contributed by atoms with Crippen molar-refractivity contribution in [2.24, 2.45) is 50.2 Å². The molecule has 0 aromatic carbocycles. The van der Waals surface area contributed by atoms with Gasteiger partial charge in [0.15, 0.2) is 0 Å². The van der Waals surface area contributed by atoms with E-state index in [2.05, 4.69) is 61.5 Å². The third-order valence-electron chi connectivity index (χ3n) is 12.9. The Morgan fingerprint density at radius 2 is 1.44 bits per heavy atom. The number of carbonyl (C=O) groups excluding carboxylic acids is 1. The normalized spacial score (nSPS) is 53.9. The van der Waals surface area contributed by atoms with E-state index in [9.17, 15) is 9.90 Å². The van der Waals surface area contributed by atoms with Crippen LogP contribution in [0.4, 0.5) is 0 Å². The predicted octanol–water partition coefficient (Wildman–Crippen LogP) is 7.35. The molecule has 0 spiro atoms. The molecule has 1 N–H and O–H groups in total. The minimum Gasteiger partial charge on any atom is -0.392 e. The number of hydrogen-bond donors (Lipinski definition) is 1. The van der Waals surface area contributed by atoms with Crippen LogP contribution in [0.2, 0.25) is 0 Å². The number of aliphatic hydroxyl groups excluding tert-OH is 1. The molecular weight excluding hydrogens is 392 g/mol. The van der Waals surface area contributed by atoms with E-state index in [1.807, 2.05) is 0 Å². The molecule has 0 unspecified atom stereocenters. The molecule has 180 valence electrons. The molecule has 0 aromatic rings. The minimum atomic E-state index is -0.491. The summed E-state index contributed by atoms with van der Waals surface area (Å²) in [5.74, 6) is 1.76. The zero-order valence-corrected chi connectivity index (χ0v) is 22.1. The molecule has 32 heavy (non-hydrogen) atoms. The van der Waals surface area contributed by atoms with Crippen LogP contribution in [-0.2, 0) is 4.79 Å². The first-order valence-electron chi connectivity index (χ1n) is 13.6. The molecule has 0 aromatic heterocycles. The average molecular weight is 441 g/mol. The first kappa shape index (κ1) is 23.1. The molecule has 0 aliphatic heterocycles. The first-order chi connectivity index (χ1) is 14.6. The number of ketones is 1. The van der Waals surface area contributed by atoms with Crippen LogP contribution >= 0.6 is 0 Å². The highest BCUT2D eigenvalue weighted by atomic mass is 16.3. The monoisotopic (exact) mass is 440 g/mol. The fourth-order valence-corrected chi connectivity index (χ4v) is 10.3. The zero-order chi connectivity index (χ0) is 23.5. The number of allylic oxidation sites excluding steroid dienone is 2. The maximum atomic E-state index is 13.7. The summed E-state index contributed by atoms with van der Waals surface area (Å²) >= 11 is 0. The Balaban J connectivity index is 1.59. The Morgan fingerprint density at radius 1 is 0.781 bits per heavy atom. The van der Waals surface area contributed by atoms with Gasteiger partial charge in [0.25, 0.3) is 0 Å². The van der Waals surface area contributed by atoms with Crippen LogP contribution in [0.1, 0.15) is 113 Å². The number of fused-ring (bicyclic) bond motifs is 7. The van der Waals surface area contributed by atoms with Crippen LogP contribution < -0.4 is 0 Å². The van der Waals surface area contributed by atoms with Crippen molar-refractivity contribution in [3.8, 4) is 0 Å². The topological polar surface area (TPSA) is 37.3 Å². The molecule has 5 aliphatic rings. The van der Waals surface area contributed by atoms with E-state index in [1.54, 1.807) is 5.57 Å². The van der Waals surface area contributed by atoms with Crippen LogP contribution in [0, 0.1) is 50.2 Å². The van der Waals surface area contributed by atoms with E-state index in [0.717, 1.165) is 6.42 Å². The Labute approximate surface area is 197 Å². The van der Waals surface area contributed by atoms with Crippen molar-refractivity contribution in [2.75, 3.05) is 0 Å². The van der Waals surface area contributed by atoms with Crippen molar-refractivity contribution >= 4 is 5.78 Å². The number of Topliss-reactive ketones (excluding diaryl/α,β-unsaturated/α-hetero) is 1. The highest BCUT2D eigenvalue weighted by molar-refractivity contribution is 5.87. The van der Waals surface area contributed by atoms with Crippen LogP contribution in [-0.4, -0.2) is 17.0 Å². The van der Waals surface area contributed by atoms with E-state index in [-0.39, 0.29) is 21.7 Å². The standard InChI is InChI=1S/C30H48O2/c1-25(2)13-14-27(5)15-16-28(6)19(20(27)18-25)9-10-22-29(28,7)12-11-21-26(3,4)23(31)17-24(32)30(21,22)8/h18-19,21-23,31H,9-17H2,1-8H3/t19-,21+,22+,23+,27-,28-,29-,30+/m1/s1. The molecule has 0 saturated heterocycles. The summed E-state index contributed by atoms with van der Waals surface area (Å²) in [6, 6.07) is 0. The van der Waals surface area contributed by atoms with Crippen molar-refractivity contribution in [3.63, 3.8) is 0 Å². The summed E-state index contributed by atoms with van der Waals surface area (Å²) < 4.78 is 0.